The zero-order valence-corrected chi connectivity index (χ0v) is 20.1. The van der Waals surface area contributed by atoms with Crippen LogP contribution in [0.3, 0.4) is 0 Å². The summed E-state index contributed by atoms with van der Waals surface area (Å²) < 4.78 is 5.40. The second-order valence-electron chi connectivity index (χ2n) is 8.42. The Balaban J connectivity index is 1.35. The van der Waals surface area contributed by atoms with E-state index < -0.39 is 6.04 Å². The minimum absolute atomic E-state index is 0.248. The van der Waals surface area contributed by atoms with Crippen molar-refractivity contribution in [1.82, 2.24) is 14.8 Å². The van der Waals surface area contributed by atoms with Crippen LogP contribution >= 0.6 is 22.9 Å². The number of benzene rings is 2. The number of halogens is 1. The molecule has 2 aliphatic rings. The van der Waals surface area contributed by atoms with Gasteiger partial charge >= 0.3 is 0 Å². The van der Waals surface area contributed by atoms with Gasteiger partial charge in [0.05, 0.1) is 29.5 Å². The quantitative estimate of drug-likeness (QED) is 0.581. The van der Waals surface area contributed by atoms with Gasteiger partial charge < -0.3 is 15.0 Å². The molecule has 0 aliphatic carbocycles. The average Bonchev–Trinajstić information content (AvgIpc) is 3.30. The summed E-state index contributed by atoms with van der Waals surface area (Å²) in [4.78, 5) is 35.4. The maximum Gasteiger partial charge on any atom is 0.256 e. The van der Waals surface area contributed by atoms with E-state index in [9.17, 15) is 9.59 Å². The Bertz CT molecular complexity index is 1190. The number of nitrogens with zero attached hydrogens (tertiary/aromatic N) is 3. The van der Waals surface area contributed by atoms with Crippen LogP contribution in [0.15, 0.2) is 53.9 Å². The molecule has 0 bridgehead atoms. The maximum absolute atomic E-state index is 13.5. The van der Waals surface area contributed by atoms with Gasteiger partial charge in [-0.2, -0.15) is 0 Å². The van der Waals surface area contributed by atoms with Crippen LogP contribution in [0, 0.1) is 0 Å². The normalized spacial score (nSPS) is 18.4. The molecule has 1 aromatic heterocycles. The third-order valence-corrected chi connectivity index (χ3v) is 7.32. The number of fused-ring (bicyclic) bond motifs is 1. The molecule has 7 nitrogen and oxygen atoms in total. The molecule has 1 unspecified atom stereocenters. The predicted molar refractivity (Wildman–Crippen MR) is 132 cm³/mol. The lowest BCUT2D eigenvalue weighted by Crippen LogP contribution is -2.50. The molecule has 1 atom stereocenters. The van der Waals surface area contributed by atoms with Crippen LogP contribution in [0.1, 0.15) is 27.2 Å². The molecule has 0 radical (unpaired) electrons. The first kappa shape index (κ1) is 23.0. The van der Waals surface area contributed by atoms with E-state index in [1.807, 2.05) is 29.6 Å². The van der Waals surface area contributed by atoms with Crippen molar-refractivity contribution in [2.45, 2.75) is 25.6 Å². The third kappa shape index (κ3) is 5.00. The van der Waals surface area contributed by atoms with Gasteiger partial charge in [-0.25, -0.2) is 4.98 Å². The van der Waals surface area contributed by atoms with Crippen LogP contribution in [0.2, 0.25) is 5.02 Å². The summed E-state index contributed by atoms with van der Waals surface area (Å²) in [5.41, 5.74) is 3.41. The van der Waals surface area contributed by atoms with Crippen LogP contribution in [0.25, 0.3) is 0 Å². The highest BCUT2D eigenvalue weighted by Crippen LogP contribution is 2.28. The van der Waals surface area contributed by atoms with Crippen molar-refractivity contribution in [2.75, 3.05) is 31.6 Å². The van der Waals surface area contributed by atoms with E-state index in [2.05, 4.69) is 15.2 Å². The standard InChI is InChI=1S/C25H25ClN4O3S/c26-21-8-4-3-7-20(21)24(32)30-14-18-6-2-1-5-17(18)13-22(30)23(31)28-25-27-19(16-34-25)15-29-9-11-33-12-10-29/h1-8,16,22H,9-15H2,(H,27,28,31). The number of carbonyl (C=O) groups excluding carboxylic acids is 2. The molecule has 34 heavy (non-hydrogen) atoms. The molecular weight excluding hydrogens is 472 g/mol. The van der Waals surface area contributed by atoms with Gasteiger partial charge in [0.2, 0.25) is 5.91 Å². The van der Waals surface area contributed by atoms with Gasteiger partial charge in [-0.1, -0.05) is 48.0 Å². The first-order chi connectivity index (χ1) is 16.6. The highest BCUT2D eigenvalue weighted by Gasteiger charge is 2.36. The predicted octanol–water partition coefficient (Wildman–Crippen LogP) is 3.83. The number of hydrogen-bond donors (Lipinski definition) is 1. The molecule has 176 valence electrons. The Hall–Kier alpha value is -2.78. The number of hydrogen-bond acceptors (Lipinski definition) is 6. The number of amides is 2. The van der Waals surface area contributed by atoms with E-state index in [1.54, 1.807) is 29.2 Å². The molecule has 1 saturated heterocycles. The van der Waals surface area contributed by atoms with E-state index in [4.69, 9.17) is 16.3 Å². The first-order valence-corrected chi connectivity index (χ1v) is 12.5. The highest BCUT2D eigenvalue weighted by atomic mass is 35.5. The number of ether oxygens (including phenoxy) is 1. The van der Waals surface area contributed by atoms with Crippen molar-refractivity contribution < 1.29 is 14.3 Å². The topological polar surface area (TPSA) is 74.8 Å². The summed E-state index contributed by atoms with van der Waals surface area (Å²) >= 11 is 7.71. The fourth-order valence-electron chi connectivity index (χ4n) is 4.37. The zero-order chi connectivity index (χ0) is 23.5. The summed E-state index contributed by atoms with van der Waals surface area (Å²) in [6.45, 7) is 4.28. The molecule has 1 N–H and O–H groups in total. The van der Waals surface area contributed by atoms with E-state index in [-0.39, 0.29) is 11.8 Å². The monoisotopic (exact) mass is 496 g/mol. The van der Waals surface area contributed by atoms with Crippen molar-refractivity contribution in [3.05, 3.63) is 81.3 Å². The summed E-state index contributed by atoms with van der Waals surface area (Å²) in [5, 5.41) is 5.83. The molecule has 2 amide bonds. The van der Waals surface area contributed by atoms with Crippen LogP contribution in [-0.4, -0.2) is 58.9 Å². The largest absolute Gasteiger partial charge is 0.379 e. The minimum atomic E-state index is -0.662. The Morgan fingerprint density at radius 3 is 2.62 bits per heavy atom. The summed E-state index contributed by atoms with van der Waals surface area (Å²) in [6, 6.07) is 14.2. The van der Waals surface area contributed by atoms with Crippen molar-refractivity contribution in [3.63, 3.8) is 0 Å². The molecule has 9 heteroatoms. The van der Waals surface area contributed by atoms with Crippen LogP contribution in [0.4, 0.5) is 5.13 Å². The van der Waals surface area contributed by atoms with Crippen LogP contribution < -0.4 is 5.32 Å². The van der Waals surface area contributed by atoms with E-state index in [0.717, 1.165) is 49.7 Å². The Kier molecular flexibility index (Phi) is 6.92. The van der Waals surface area contributed by atoms with Crippen molar-refractivity contribution in [1.29, 1.82) is 0 Å². The lowest BCUT2D eigenvalue weighted by molar-refractivity contribution is -0.121. The molecule has 3 heterocycles. The second kappa shape index (κ2) is 10.2. The molecule has 2 aliphatic heterocycles. The maximum atomic E-state index is 13.5. The van der Waals surface area contributed by atoms with Gasteiger partial charge in [0.1, 0.15) is 6.04 Å². The Morgan fingerprint density at radius 1 is 1.09 bits per heavy atom. The number of nitrogens with one attached hydrogen (secondary N) is 1. The molecule has 1 fully saturated rings. The van der Waals surface area contributed by atoms with E-state index in [1.165, 1.54) is 11.3 Å². The molecule has 5 rings (SSSR count). The first-order valence-electron chi connectivity index (χ1n) is 11.3. The number of morpholine rings is 1. The number of rotatable bonds is 5. The zero-order valence-electron chi connectivity index (χ0n) is 18.6. The number of anilines is 1. The highest BCUT2D eigenvalue weighted by molar-refractivity contribution is 7.13. The Morgan fingerprint density at radius 2 is 1.82 bits per heavy atom. The molecular formula is C25H25ClN4O3S. The van der Waals surface area contributed by atoms with Gasteiger partial charge in [-0.3, -0.25) is 14.5 Å². The van der Waals surface area contributed by atoms with Crippen molar-refractivity contribution >= 4 is 39.9 Å². The minimum Gasteiger partial charge on any atom is -0.379 e. The number of aromatic nitrogens is 1. The van der Waals surface area contributed by atoms with Gasteiger partial charge in [0.25, 0.3) is 5.91 Å². The molecule has 0 spiro atoms. The SMILES string of the molecule is O=C(Nc1nc(CN2CCOCC2)cs1)C1Cc2ccccc2CN1C(=O)c1ccccc1Cl. The number of carbonyl (C=O) groups is 2. The smallest absolute Gasteiger partial charge is 0.256 e. The Labute approximate surface area is 207 Å². The van der Waals surface area contributed by atoms with Gasteiger partial charge in [0.15, 0.2) is 5.13 Å². The van der Waals surface area contributed by atoms with Gasteiger partial charge in [0, 0.05) is 38.0 Å². The average molecular weight is 497 g/mol. The molecule has 2 aromatic carbocycles. The molecule has 0 saturated carbocycles. The van der Waals surface area contributed by atoms with Gasteiger partial charge in [-0.15, -0.1) is 11.3 Å². The third-order valence-electron chi connectivity index (χ3n) is 6.19. The van der Waals surface area contributed by atoms with Crippen molar-refractivity contribution in [2.24, 2.45) is 0 Å². The summed E-state index contributed by atoms with van der Waals surface area (Å²) in [6.07, 6.45) is 0.435. The summed E-state index contributed by atoms with van der Waals surface area (Å²) in [7, 11) is 0. The van der Waals surface area contributed by atoms with Crippen LogP contribution in [0.5, 0.6) is 0 Å². The van der Waals surface area contributed by atoms with Gasteiger partial charge in [-0.05, 0) is 23.3 Å². The lowest BCUT2D eigenvalue weighted by Gasteiger charge is -2.36. The van der Waals surface area contributed by atoms with E-state index >= 15 is 0 Å². The fourth-order valence-corrected chi connectivity index (χ4v) is 5.30. The van der Waals surface area contributed by atoms with Crippen molar-refractivity contribution in [3.8, 4) is 0 Å². The lowest BCUT2D eigenvalue weighted by atomic mass is 9.93. The number of thiazole rings is 1. The summed E-state index contributed by atoms with van der Waals surface area (Å²) in [5.74, 6) is -0.505. The fraction of sp³-hybridized carbons (Fsp3) is 0.320. The van der Waals surface area contributed by atoms with Crippen LogP contribution in [-0.2, 0) is 29.0 Å². The molecule has 3 aromatic rings. The van der Waals surface area contributed by atoms with E-state index in [0.29, 0.717) is 28.7 Å². The second-order valence-corrected chi connectivity index (χ2v) is 9.69.